The number of benzene rings is 1. The number of amides is 1. The van der Waals surface area contributed by atoms with Crippen LogP contribution in [0.5, 0.6) is 0 Å². The summed E-state index contributed by atoms with van der Waals surface area (Å²) in [6.45, 7) is 3.08. The molecule has 8 heteroatoms. The number of carboxylic acids is 1. The van der Waals surface area contributed by atoms with Gasteiger partial charge in [-0.05, 0) is 25.0 Å². The van der Waals surface area contributed by atoms with Gasteiger partial charge >= 0.3 is 5.97 Å². The first kappa shape index (κ1) is 21.4. The third kappa shape index (κ3) is 5.40. The van der Waals surface area contributed by atoms with E-state index in [1.807, 2.05) is 24.4 Å². The van der Waals surface area contributed by atoms with Crippen molar-refractivity contribution < 1.29 is 14.7 Å². The SMILES string of the molecule is CC(CC(=O)NC1CCN(c2cncc(-c3cccc(Cl)c3Cl)c2)CC1)C(=O)O. The fourth-order valence-corrected chi connectivity index (χ4v) is 3.82. The summed E-state index contributed by atoms with van der Waals surface area (Å²) in [5.41, 5.74) is 2.72. The summed E-state index contributed by atoms with van der Waals surface area (Å²) in [5, 5.41) is 12.9. The van der Waals surface area contributed by atoms with Gasteiger partial charge in [0.15, 0.2) is 0 Å². The number of carboxylic acid groups (broad SMARTS) is 1. The van der Waals surface area contributed by atoms with Crippen LogP contribution in [0, 0.1) is 5.92 Å². The highest BCUT2D eigenvalue weighted by molar-refractivity contribution is 6.43. The largest absolute Gasteiger partial charge is 0.481 e. The summed E-state index contributed by atoms with van der Waals surface area (Å²) in [5.74, 6) is -1.85. The molecule has 6 nitrogen and oxygen atoms in total. The summed E-state index contributed by atoms with van der Waals surface area (Å²) >= 11 is 12.5. The lowest BCUT2D eigenvalue weighted by molar-refractivity contribution is -0.143. The maximum Gasteiger partial charge on any atom is 0.306 e. The molecule has 1 unspecified atom stereocenters. The van der Waals surface area contributed by atoms with Gasteiger partial charge in [-0.3, -0.25) is 14.6 Å². The Kier molecular flexibility index (Phi) is 6.98. The van der Waals surface area contributed by atoms with Gasteiger partial charge in [0.1, 0.15) is 0 Å². The summed E-state index contributed by atoms with van der Waals surface area (Å²) in [7, 11) is 0. The van der Waals surface area contributed by atoms with Crippen LogP contribution >= 0.6 is 23.2 Å². The molecule has 1 aromatic heterocycles. The Morgan fingerprint density at radius 2 is 2.00 bits per heavy atom. The first-order valence-corrected chi connectivity index (χ1v) is 10.3. The van der Waals surface area contributed by atoms with Crippen molar-refractivity contribution in [1.29, 1.82) is 0 Å². The molecule has 0 aliphatic carbocycles. The van der Waals surface area contributed by atoms with Crippen LogP contribution < -0.4 is 10.2 Å². The Balaban J connectivity index is 1.61. The van der Waals surface area contributed by atoms with E-state index in [2.05, 4.69) is 15.2 Å². The number of carbonyl (C=O) groups is 2. The van der Waals surface area contributed by atoms with Gasteiger partial charge in [-0.1, -0.05) is 42.3 Å². The minimum Gasteiger partial charge on any atom is -0.481 e. The maximum atomic E-state index is 12.0. The molecule has 154 valence electrons. The lowest BCUT2D eigenvalue weighted by atomic mass is 10.0. The first-order valence-electron chi connectivity index (χ1n) is 9.51. The molecule has 1 amide bonds. The highest BCUT2D eigenvalue weighted by Crippen LogP contribution is 2.34. The van der Waals surface area contributed by atoms with Crippen LogP contribution in [-0.2, 0) is 9.59 Å². The quantitative estimate of drug-likeness (QED) is 0.708. The molecular weight excluding hydrogens is 413 g/mol. The minimum atomic E-state index is -0.956. The summed E-state index contributed by atoms with van der Waals surface area (Å²) in [4.78, 5) is 29.5. The number of halogens is 2. The van der Waals surface area contributed by atoms with Crippen LogP contribution in [-0.4, -0.2) is 41.1 Å². The molecule has 1 aliphatic heterocycles. The zero-order valence-electron chi connectivity index (χ0n) is 16.1. The molecule has 1 aromatic carbocycles. The van der Waals surface area contributed by atoms with Crippen LogP contribution in [0.4, 0.5) is 5.69 Å². The van der Waals surface area contributed by atoms with Gasteiger partial charge < -0.3 is 15.3 Å². The monoisotopic (exact) mass is 435 g/mol. The van der Waals surface area contributed by atoms with Gasteiger partial charge in [-0.15, -0.1) is 0 Å². The number of aromatic nitrogens is 1. The highest BCUT2D eigenvalue weighted by atomic mass is 35.5. The van der Waals surface area contributed by atoms with Crippen molar-refractivity contribution in [3.8, 4) is 11.1 Å². The zero-order valence-corrected chi connectivity index (χ0v) is 17.6. The fraction of sp³-hybridized carbons (Fsp3) is 0.381. The van der Waals surface area contributed by atoms with Crippen LogP contribution in [0.2, 0.25) is 10.0 Å². The number of nitrogens with zero attached hydrogens (tertiary/aromatic N) is 2. The van der Waals surface area contributed by atoms with Crippen LogP contribution in [0.3, 0.4) is 0 Å². The van der Waals surface area contributed by atoms with Crippen molar-refractivity contribution in [2.45, 2.75) is 32.2 Å². The van der Waals surface area contributed by atoms with Crippen molar-refractivity contribution in [2.24, 2.45) is 5.92 Å². The molecule has 0 radical (unpaired) electrons. The second kappa shape index (κ2) is 9.46. The second-order valence-corrected chi connectivity index (χ2v) is 8.09. The zero-order chi connectivity index (χ0) is 21.0. The number of anilines is 1. The van der Waals surface area contributed by atoms with Crippen molar-refractivity contribution in [3.05, 3.63) is 46.7 Å². The molecule has 1 saturated heterocycles. The average Bonchev–Trinajstić information content (AvgIpc) is 2.70. The second-order valence-electron chi connectivity index (χ2n) is 7.31. The number of hydrogen-bond acceptors (Lipinski definition) is 4. The number of carbonyl (C=O) groups excluding carboxylic acids is 1. The number of hydrogen-bond donors (Lipinski definition) is 2. The van der Waals surface area contributed by atoms with E-state index in [-0.39, 0.29) is 18.4 Å². The van der Waals surface area contributed by atoms with Gasteiger partial charge in [0.2, 0.25) is 5.91 Å². The van der Waals surface area contributed by atoms with Gasteiger partial charge in [-0.25, -0.2) is 0 Å². The van der Waals surface area contributed by atoms with E-state index in [1.165, 1.54) is 6.92 Å². The van der Waals surface area contributed by atoms with Crippen molar-refractivity contribution in [3.63, 3.8) is 0 Å². The summed E-state index contributed by atoms with van der Waals surface area (Å²) < 4.78 is 0. The van der Waals surface area contributed by atoms with Gasteiger partial charge in [0.25, 0.3) is 0 Å². The van der Waals surface area contributed by atoms with E-state index in [1.54, 1.807) is 12.3 Å². The lowest BCUT2D eigenvalue weighted by Crippen LogP contribution is -2.45. The molecular formula is C21H23Cl2N3O3. The Hall–Kier alpha value is -2.31. The molecule has 0 spiro atoms. The Labute approximate surface area is 179 Å². The molecule has 0 bridgehead atoms. The van der Waals surface area contributed by atoms with E-state index in [4.69, 9.17) is 28.3 Å². The average molecular weight is 436 g/mol. The number of pyridine rings is 1. The van der Waals surface area contributed by atoms with Crippen LogP contribution in [0.15, 0.2) is 36.7 Å². The molecule has 2 heterocycles. The molecule has 1 fully saturated rings. The lowest BCUT2D eigenvalue weighted by Gasteiger charge is -2.34. The molecule has 2 N–H and O–H groups in total. The van der Waals surface area contributed by atoms with Crippen molar-refractivity contribution in [2.75, 3.05) is 18.0 Å². The molecule has 3 rings (SSSR count). The normalized spacial score (nSPS) is 15.8. The molecule has 0 saturated carbocycles. The number of piperidine rings is 1. The fourth-order valence-electron chi connectivity index (χ4n) is 3.41. The highest BCUT2D eigenvalue weighted by Gasteiger charge is 2.23. The Bertz CT molecular complexity index is 898. The van der Waals surface area contributed by atoms with E-state index in [9.17, 15) is 9.59 Å². The van der Waals surface area contributed by atoms with Crippen LogP contribution in [0.1, 0.15) is 26.2 Å². The number of aliphatic carboxylic acids is 1. The van der Waals surface area contributed by atoms with Crippen LogP contribution in [0.25, 0.3) is 11.1 Å². The molecule has 29 heavy (non-hydrogen) atoms. The predicted octanol–water partition coefficient (Wildman–Crippen LogP) is 4.25. The first-order chi connectivity index (χ1) is 13.8. The van der Waals surface area contributed by atoms with E-state index in [0.717, 1.165) is 42.7 Å². The smallest absolute Gasteiger partial charge is 0.306 e. The van der Waals surface area contributed by atoms with Crippen molar-refractivity contribution >= 4 is 40.8 Å². The summed E-state index contributed by atoms with van der Waals surface area (Å²) in [6.07, 6.45) is 5.15. The van der Waals surface area contributed by atoms with E-state index < -0.39 is 11.9 Å². The molecule has 1 atom stereocenters. The van der Waals surface area contributed by atoms with Crippen molar-refractivity contribution in [1.82, 2.24) is 10.3 Å². The maximum absolute atomic E-state index is 12.0. The van der Waals surface area contributed by atoms with E-state index in [0.29, 0.717) is 10.0 Å². The predicted molar refractivity (Wildman–Crippen MR) is 114 cm³/mol. The number of rotatable bonds is 6. The third-order valence-electron chi connectivity index (χ3n) is 5.12. The Morgan fingerprint density at radius 3 is 2.69 bits per heavy atom. The third-order valence-corrected chi connectivity index (χ3v) is 5.94. The van der Waals surface area contributed by atoms with E-state index >= 15 is 0 Å². The topological polar surface area (TPSA) is 82.5 Å². The summed E-state index contributed by atoms with van der Waals surface area (Å²) in [6, 6.07) is 7.61. The standard InChI is InChI=1S/C21H23Cl2N3O3/c1-13(21(28)29)9-19(27)25-15-5-7-26(8-6-15)16-10-14(11-24-12-16)17-3-2-4-18(22)20(17)23/h2-4,10-13,15H,5-9H2,1H3,(H,25,27)(H,28,29). The van der Waals surface area contributed by atoms with Gasteiger partial charge in [-0.2, -0.15) is 0 Å². The Morgan fingerprint density at radius 1 is 1.28 bits per heavy atom. The van der Waals surface area contributed by atoms with Gasteiger partial charge in [0.05, 0.1) is 27.8 Å². The molecule has 1 aliphatic rings. The van der Waals surface area contributed by atoms with Gasteiger partial charge in [0, 0.05) is 42.9 Å². The minimum absolute atomic E-state index is 0.00189. The number of nitrogens with one attached hydrogen (secondary N) is 1. The molecule has 2 aromatic rings.